The van der Waals surface area contributed by atoms with Crippen LogP contribution in [0.2, 0.25) is 0 Å². The van der Waals surface area contributed by atoms with Crippen molar-refractivity contribution >= 4 is 17.3 Å². The van der Waals surface area contributed by atoms with E-state index in [-0.39, 0.29) is 0 Å². The van der Waals surface area contributed by atoms with E-state index in [0.29, 0.717) is 0 Å². The Morgan fingerprint density at radius 2 is 2.38 bits per heavy atom. The minimum Gasteiger partial charge on any atom is -0.351 e. The first-order valence-corrected chi connectivity index (χ1v) is 6.47. The van der Waals surface area contributed by atoms with Crippen LogP contribution in [-0.4, -0.2) is 9.55 Å². The number of imidazole rings is 1. The Hall–Kier alpha value is -1.29. The highest BCUT2D eigenvalue weighted by molar-refractivity contribution is 7.09. The van der Waals surface area contributed by atoms with Gasteiger partial charge in [0.25, 0.3) is 0 Å². The number of hydrogen-bond donors (Lipinski definition) is 1. The number of rotatable bonds is 5. The van der Waals surface area contributed by atoms with E-state index >= 15 is 0 Å². The van der Waals surface area contributed by atoms with Crippen molar-refractivity contribution in [3.63, 3.8) is 0 Å². The van der Waals surface area contributed by atoms with Gasteiger partial charge in [0.15, 0.2) is 0 Å². The third kappa shape index (κ3) is 2.64. The number of aromatic nitrogens is 2. The summed E-state index contributed by atoms with van der Waals surface area (Å²) in [5.74, 6) is 0.979. The molecular formula is C12H17N3S. The Balaban J connectivity index is 2.02. The minimum absolute atomic E-state index is 0.859. The highest BCUT2D eigenvalue weighted by Crippen LogP contribution is 2.13. The van der Waals surface area contributed by atoms with Crippen molar-refractivity contribution in [2.45, 2.75) is 33.4 Å². The molecule has 0 fully saturated rings. The number of thiophene rings is 1. The van der Waals surface area contributed by atoms with Crippen LogP contribution < -0.4 is 5.32 Å². The molecule has 0 bridgehead atoms. The first-order chi connectivity index (χ1) is 7.79. The molecule has 0 amide bonds. The Labute approximate surface area is 100 Å². The summed E-state index contributed by atoms with van der Waals surface area (Å²) in [5, 5.41) is 5.48. The van der Waals surface area contributed by atoms with Crippen molar-refractivity contribution in [2.75, 3.05) is 5.32 Å². The van der Waals surface area contributed by atoms with Gasteiger partial charge in [0.2, 0.25) is 5.95 Å². The van der Waals surface area contributed by atoms with Gasteiger partial charge in [0.05, 0.1) is 12.2 Å². The first kappa shape index (κ1) is 11.2. The molecule has 0 unspecified atom stereocenters. The van der Waals surface area contributed by atoms with Crippen molar-refractivity contribution in [3.8, 4) is 0 Å². The molecule has 0 aliphatic heterocycles. The maximum Gasteiger partial charge on any atom is 0.203 e. The van der Waals surface area contributed by atoms with Crippen LogP contribution in [0.3, 0.4) is 0 Å². The molecule has 0 saturated heterocycles. The predicted molar refractivity (Wildman–Crippen MR) is 68.9 cm³/mol. The van der Waals surface area contributed by atoms with Gasteiger partial charge in [0.1, 0.15) is 0 Å². The van der Waals surface area contributed by atoms with Crippen molar-refractivity contribution in [2.24, 2.45) is 0 Å². The van der Waals surface area contributed by atoms with Crippen molar-refractivity contribution in [1.29, 1.82) is 0 Å². The minimum atomic E-state index is 0.859. The first-order valence-electron chi connectivity index (χ1n) is 5.59. The van der Waals surface area contributed by atoms with Gasteiger partial charge in [-0.15, -0.1) is 11.3 Å². The number of anilines is 1. The number of hydrogen-bond acceptors (Lipinski definition) is 3. The second-order valence-electron chi connectivity index (χ2n) is 3.83. The fraction of sp³-hybridized carbons (Fsp3) is 0.417. The number of nitrogens with zero attached hydrogens (tertiary/aromatic N) is 2. The van der Waals surface area contributed by atoms with E-state index < -0.39 is 0 Å². The lowest BCUT2D eigenvalue weighted by atomic mass is 10.4. The van der Waals surface area contributed by atoms with Crippen LogP contribution in [0.1, 0.15) is 23.9 Å². The summed E-state index contributed by atoms with van der Waals surface area (Å²) >= 11 is 1.77. The van der Waals surface area contributed by atoms with E-state index in [2.05, 4.69) is 45.5 Å². The second-order valence-corrected chi connectivity index (χ2v) is 4.86. The van der Waals surface area contributed by atoms with E-state index in [4.69, 9.17) is 0 Å². The molecule has 3 nitrogen and oxygen atoms in total. The average molecular weight is 235 g/mol. The number of aryl methyl sites for hydroxylation is 2. The normalized spacial score (nSPS) is 10.6. The molecule has 0 aliphatic carbocycles. The Morgan fingerprint density at radius 3 is 3.06 bits per heavy atom. The molecule has 4 heteroatoms. The van der Waals surface area contributed by atoms with Gasteiger partial charge in [-0.2, -0.15) is 0 Å². The lowest BCUT2D eigenvalue weighted by Crippen LogP contribution is -2.06. The molecule has 2 aromatic rings. The molecule has 86 valence electrons. The molecule has 0 radical (unpaired) electrons. The SMILES string of the molecule is CCCn1cc(C)nc1NCc1cccs1. The van der Waals surface area contributed by atoms with Crippen LogP contribution in [0, 0.1) is 6.92 Å². The summed E-state index contributed by atoms with van der Waals surface area (Å²) < 4.78 is 2.18. The van der Waals surface area contributed by atoms with Crippen LogP contribution in [-0.2, 0) is 13.1 Å². The maximum atomic E-state index is 4.49. The van der Waals surface area contributed by atoms with Gasteiger partial charge in [-0.05, 0) is 24.8 Å². The summed E-state index contributed by atoms with van der Waals surface area (Å²) in [7, 11) is 0. The molecular weight excluding hydrogens is 218 g/mol. The zero-order valence-electron chi connectivity index (χ0n) is 9.73. The fourth-order valence-electron chi connectivity index (χ4n) is 1.68. The van der Waals surface area contributed by atoms with E-state index in [1.165, 1.54) is 4.88 Å². The van der Waals surface area contributed by atoms with Crippen LogP contribution in [0.5, 0.6) is 0 Å². The molecule has 16 heavy (non-hydrogen) atoms. The molecule has 1 N–H and O–H groups in total. The molecule has 0 aliphatic rings. The average Bonchev–Trinajstić information content (AvgIpc) is 2.86. The molecule has 2 rings (SSSR count). The monoisotopic (exact) mass is 235 g/mol. The zero-order chi connectivity index (χ0) is 11.4. The maximum absolute atomic E-state index is 4.49. The Morgan fingerprint density at radius 1 is 1.50 bits per heavy atom. The van der Waals surface area contributed by atoms with Crippen LogP contribution >= 0.6 is 11.3 Å². The van der Waals surface area contributed by atoms with Gasteiger partial charge >= 0.3 is 0 Å². The molecule has 2 aromatic heterocycles. The molecule has 0 saturated carbocycles. The smallest absolute Gasteiger partial charge is 0.203 e. The Bertz CT molecular complexity index is 431. The highest BCUT2D eigenvalue weighted by atomic mass is 32.1. The topological polar surface area (TPSA) is 29.9 Å². The van der Waals surface area contributed by atoms with Gasteiger partial charge in [0, 0.05) is 17.6 Å². The van der Waals surface area contributed by atoms with E-state index in [0.717, 1.165) is 31.2 Å². The predicted octanol–water partition coefficient (Wildman–Crippen LogP) is 3.28. The largest absolute Gasteiger partial charge is 0.351 e. The summed E-state index contributed by atoms with van der Waals surface area (Å²) in [6, 6.07) is 4.21. The third-order valence-corrected chi connectivity index (χ3v) is 3.24. The lowest BCUT2D eigenvalue weighted by molar-refractivity contribution is 0.682. The van der Waals surface area contributed by atoms with Crippen LogP contribution in [0.4, 0.5) is 5.95 Å². The standard InChI is InChI=1S/C12H17N3S/c1-3-6-15-9-10(2)14-12(15)13-8-11-5-4-7-16-11/h4-5,7,9H,3,6,8H2,1-2H3,(H,13,14). The third-order valence-electron chi connectivity index (χ3n) is 2.36. The van der Waals surface area contributed by atoms with Gasteiger partial charge < -0.3 is 9.88 Å². The lowest BCUT2D eigenvalue weighted by Gasteiger charge is -2.07. The van der Waals surface area contributed by atoms with Crippen molar-refractivity contribution in [1.82, 2.24) is 9.55 Å². The highest BCUT2D eigenvalue weighted by Gasteiger charge is 2.04. The molecule has 0 spiro atoms. The van der Waals surface area contributed by atoms with Gasteiger partial charge in [-0.3, -0.25) is 0 Å². The number of nitrogens with one attached hydrogen (secondary N) is 1. The van der Waals surface area contributed by atoms with E-state index in [9.17, 15) is 0 Å². The summed E-state index contributed by atoms with van der Waals surface area (Å²) in [6.07, 6.45) is 3.23. The zero-order valence-corrected chi connectivity index (χ0v) is 10.5. The summed E-state index contributed by atoms with van der Waals surface area (Å²) in [6.45, 7) is 6.09. The molecule has 0 atom stereocenters. The summed E-state index contributed by atoms with van der Waals surface area (Å²) in [5.41, 5.74) is 1.07. The Kier molecular flexibility index (Phi) is 3.62. The van der Waals surface area contributed by atoms with Gasteiger partial charge in [-0.25, -0.2) is 4.98 Å². The van der Waals surface area contributed by atoms with E-state index in [1.54, 1.807) is 11.3 Å². The molecule has 0 aromatic carbocycles. The second kappa shape index (κ2) is 5.16. The van der Waals surface area contributed by atoms with Crippen molar-refractivity contribution in [3.05, 3.63) is 34.3 Å². The summed E-state index contributed by atoms with van der Waals surface area (Å²) in [4.78, 5) is 5.82. The quantitative estimate of drug-likeness (QED) is 0.862. The van der Waals surface area contributed by atoms with Crippen molar-refractivity contribution < 1.29 is 0 Å². The molecule has 2 heterocycles. The van der Waals surface area contributed by atoms with Gasteiger partial charge in [-0.1, -0.05) is 13.0 Å². The van der Waals surface area contributed by atoms with Crippen LogP contribution in [0.25, 0.3) is 0 Å². The van der Waals surface area contributed by atoms with E-state index in [1.807, 2.05) is 6.92 Å². The fourth-order valence-corrected chi connectivity index (χ4v) is 2.32. The van der Waals surface area contributed by atoms with Crippen LogP contribution in [0.15, 0.2) is 23.7 Å².